The van der Waals surface area contributed by atoms with E-state index in [1.54, 1.807) is 0 Å². The first-order valence-electron chi connectivity index (χ1n) is 5.65. The van der Waals surface area contributed by atoms with Gasteiger partial charge in [-0.15, -0.1) is 0 Å². The number of aromatic nitrogens is 1. The highest BCUT2D eigenvalue weighted by molar-refractivity contribution is 6.00. The lowest BCUT2D eigenvalue weighted by Gasteiger charge is -2.23. The Hall–Kier alpha value is -1.64. The second-order valence-corrected chi connectivity index (χ2v) is 4.41. The fourth-order valence-electron chi connectivity index (χ4n) is 2.10. The molecule has 0 spiro atoms. The summed E-state index contributed by atoms with van der Waals surface area (Å²) in [4.78, 5) is 16.2. The molecule has 1 aromatic carbocycles. The van der Waals surface area contributed by atoms with Crippen molar-refractivity contribution >= 4 is 16.9 Å². The molecule has 1 saturated carbocycles. The van der Waals surface area contributed by atoms with Gasteiger partial charge in [-0.25, -0.2) is 4.98 Å². The number of nitrogens with zero attached hydrogens (tertiary/aromatic N) is 1. The van der Waals surface area contributed by atoms with Crippen LogP contribution >= 0.6 is 0 Å². The maximum Gasteiger partial charge on any atom is 0.192 e. The van der Waals surface area contributed by atoms with Crippen LogP contribution in [0.3, 0.4) is 0 Å². The van der Waals surface area contributed by atoms with E-state index in [1.807, 2.05) is 25.1 Å². The van der Waals surface area contributed by atoms with Crippen LogP contribution in [0.15, 0.2) is 22.6 Å². The molecule has 3 rings (SSSR count). The monoisotopic (exact) mass is 215 g/mol. The largest absolute Gasteiger partial charge is 0.441 e. The quantitative estimate of drug-likeness (QED) is 0.723. The van der Waals surface area contributed by atoms with Gasteiger partial charge in [-0.1, -0.05) is 6.42 Å². The van der Waals surface area contributed by atoms with Crippen molar-refractivity contribution in [2.45, 2.75) is 26.2 Å². The summed E-state index contributed by atoms with van der Waals surface area (Å²) in [6.45, 7) is 1.81. The van der Waals surface area contributed by atoms with Crippen LogP contribution in [0.1, 0.15) is 35.5 Å². The molecule has 0 atom stereocenters. The molecule has 1 heterocycles. The number of carbonyl (C=O) groups is 1. The number of ketones is 1. The van der Waals surface area contributed by atoms with Crippen LogP contribution in [0.2, 0.25) is 0 Å². The van der Waals surface area contributed by atoms with Gasteiger partial charge in [0.05, 0.1) is 0 Å². The molecule has 82 valence electrons. The van der Waals surface area contributed by atoms with Gasteiger partial charge < -0.3 is 4.42 Å². The molecular formula is C13H13NO2. The SMILES string of the molecule is Cc1nc2ccc(C(=O)C3CCC3)cc2o1. The summed E-state index contributed by atoms with van der Waals surface area (Å²) in [6, 6.07) is 5.53. The van der Waals surface area contributed by atoms with Gasteiger partial charge in [0.25, 0.3) is 0 Å². The Kier molecular flexibility index (Phi) is 2.06. The Labute approximate surface area is 93.5 Å². The molecular weight excluding hydrogens is 202 g/mol. The number of oxazole rings is 1. The van der Waals surface area contributed by atoms with Crippen LogP contribution < -0.4 is 0 Å². The van der Waals surface area contributed by atoms with Crippen LogP contribution in [-0.4, -0.2) is 10.8 Å². The number of hydrogen-bond acceptors (Lipinski definition) is 3. The van der Waals surface area contributed by atoms with Gasteiger partial charge in [-0.3, -0.25) is 4.79 Å². The minimum atomic E-state index is 0.237. The number of hydrogen-bond donors (Lipinski definition) is 0. The predicted octanol–water partition coefficient (Wildman–Crippen LogP) is 3.12. The lowest BCUT2D eigenvalue weighted by atomic mass is 9.80. The Morgan fingerprint density at radius 3 is 2.94 bits per heavy atom. The molecule has 0 amide bonds. The van der Waals surface area contributed by atoms with Crippen molar-refractivity contribution in [3.63, 3.8) is 0 Å². The minimum Gasteiger partial charge on any atom is -0.441 e. The van der Waals surface area contributed by atoms with Gasteiger partial charge in [0.2, 0.25) is 0 Å². The van der Waals surface area contributed by atoms with Crippen molar-refractivity contribution < 1.29 is 9.21 Å². The number of benzene rings is 1. The summed E-state index contributed by atoms with van der Waals surface area (Å²) in [5, 5.41) is 0. The van der Waals surface area contributed by atoms with E-state index >= 15 is 0 Å². The topological polar surface area (TPSA) is 43.1 Å². The zero-order valence-corrected chi connectivity index (χ0v) is 9.19. The van der Waals surface area contributed by atoms with E-state index in [9.17, 15) is 4.79 Å². The van der Waals surface area contributed by atoms with Gasteiger partial charge in [-0.2, -0.15) is 0 Å². The molecule has 1 aliphatic rings. The summed E-state index contributed by atoms with van der Waals surface area (Å²) in [6.07, 6.45) is 3.25. The summed E-state index contributed by atoms with van der Waals surface area (Å²) in [5.41, 5.74) is 2.29. The second-order valence-electron chi connectivity index (χ2n) is 4.41. The fourth-order valence-corrected chi connectivity index (χ4v) is 2.10. The van der Waals surface area contributed by atoms with E-state index in [2.05, 4.69) is 4.98 Å². The normalized spacial score (nSPS) is 16.3. The summed E-state index contributed by atoms with van der Waals surface area (Å²) >= 11 is 0. The lowest BCUT2D eigenvalue weighted by Crippen LogP contribution is -2.21. The molecule has 1 aromatic heterocycles. The summed E-state index contributed by atoms with van der Waals surface area (Å²) in [5.74, 6) is 1.13. The van der Waals surface area contributed by atoms with E-state index in [0.29, 0.717) is 11.5 Å². The predicted molar refractivity (Wildman–Crippen MR) is 60.4 cm³/mol. The van der Waals surface area contributed by atoms with Crippen molar-refractivity contribution in [3.05, 3.63) is 29.7 Å². The molecule has 3 heteroatoms. The van der Waals surface area contributed by atoms with Crippen LogP contribution in [0.25, 0.3) is 11.1 Å². The highest BCUT2D eigenvalue weighted by atomic mass is 16.3. The molecule has 0 radical (unpaired) electrons. The Balaban J connectivity index is 2.00. The first-order chi connectivity index (χ1) is 7.74. The number of carbonyl (C=O) groups excluding carboxylic acids is 1. The van der Waals surface area contributed by atoms with Crippen LogP contribution in [0.4, 0.5) is 0 Å². The van der Waals surface area contributed by atoms with Crippen molar-refractivity contribution in [2.24, 2.45) is 5.92 Å². The van der Waals surface area contributed by atoms with Gasteiger partial charge in [0.1, 0.15) is 5.52 Å². The van der Waals surface area contributed by atoms with Crippen molar-refractivity contribution in [3.8, 4) is 0 Å². The standard InChI is InChI=1S/C13H13NO2/c1-8-14-11-6-5-10(7-12(11)16-8)13(15)9-3-2-4-9/h5-7,9H,2-4H2,1H3. The van der Waals surface area contributed by atoms with E-state index < -0.39 is 0 Å². The Morgan fingerprint density at radius 1 is 1.44 bits per heavy atom. The Bertz CT molecular complexity index is 552. The maximum atomic E-state index is 12.0. The van der Waals surface area contributed by atoms with Crippen LogP contribution in [-0.2, 0) is 0 Å². The number of rotatable bonds is 2. The van der Waals surface area contributed by atoms with Gasteiger partial charge in [0, 0.05) is 18.4 Å². The Morgan fingerprint density at radius 2 is 2.25 bits per heavy atom. The molecule has 0 saturated heterocycles. The van der Waals surface area contributed by atoms with Crippen molar-refractivity contribution in [1.82, 2.24) is 4.98 Å². The first kappa shape index (κ1) is 9.58. The molecule has 3 nitrogen and oxygen atoms in total. The number of fused-ring (bicyclic) bond motifs is 1. The van der Waals surface area contributed by atoms with Crippen molar-refractivity contribution in [2.75, 3.05) is 0 Å². The first-order valence-corrected chi connectivity index (χ1v) is 5.65. The van der Waals surface area contributed by atoms with E-state index in [-0.39, 0.29) is 11.7 Å². The maximum absolute atomic E-state index is 12.0. The lowest BCUT2D eigenvalue weighted by molar-refractivity contribution is 0.0855. The minimum absolute atomic E-state index is 0.237. The third kappa shape index (κ3) is 1.43. The summed E-state index contributed by atoms with van der Waals surface area (Å²) < 4.78 is 5.43. The molecule has 2 aromatic rings. The van der Waals surface area contributed by atoms with Gasteiger partial charge in [-0.05, 0) is 31.0 Å². The highest BCUT2D eigenvalue weighted by Gasteiger charge is 2.26. The third-order valence-corrected chi connectivity index (χ3v) is 3.26. The third-order valence-electron chi connectivity index (χ3n) is 3.26. The smallest absolute Gasteiger partial charge is 0.192 e. The van der Waals surface area contributed by atoms with E-state index in [4.69, 9.17) is 4.42 Å². The van der Waals surface area contributed by atoms with Crippen LogP contribution in [0.5, 0.6) is 0 Å². The van der Waals surface area contributed by atoms with Gasteiger partial charge >= 0.3 is 0 Å². The second kappa shape index (κ2) is 3.44. The summed E-state index contributed by atoms with van der Waals surface area (Å²) in [7, 11) is 0. The number of aryl methyl sites for hydroxylation is 1. The molecule has 1 aliphatic carbocycles. The van der Waals surface area contributed by atoms with E-state index in [1.165, 1.54) is 6.42 Å². The average Bonchev–Trinajstić information content (AvgIpc) is 2.53. The molecule has 0 bridgehead atoms. The van der Waals surface area contributed by atoms with Crippen LogP contribution in [0, 0.1) is 12.8 Å². The molecule has 0 N–H and O–H groups in total. The highest BCUT2D eigenvalue weighted by Crippen LogP contribution is 2.30. The van der Waals surface area contributed by atoms with Gasteiger partial charge in [0.15, 0.2) is 17.3 Å². The van der Waals surface area contributed by atoms with E-state index in [0.717, 1.165) is 23.9 Å². The molecule has 0 aliphatic heterocycles. The number of Topliss-reactive ketones (excluding diaryl/α,β-unsaturated/α-hetero) is 1. The molecule has 0 unspecified atom stereocenters. The molecule has 16 heavy (non-hydrogen) atoms. The zero-order chi connectivity index (χ0) is 11.1. The average molecular weight is 215 g/mol. The molecule has 1 fully saturated rings. The zero-order valence-electron chi connectivity index (χ0n) is 9.19. The van der Waals surface area contributed by atoms with Crippen molar-refractivity contribution in [1.29, 1.82) is 0 Å². The fraction of sp³-hybridized carbons (Fsp3) is 0.385.